The number of hydrogen-bond donors (Lipinski definition) is 0. The van der Waals surface area contributed by atoms with Crippen molar-refractivity contribution in [1.29, 1.82) is 0 Å². The molecule has 0 bridgehead atoms. The monoisotopic (exact) mass is 381 g/mol. The van der Waals surface area contributed by atoms with Gasteiger partial charge < -0.3 is 4.40 Å². The highest BCUT2D eigenvalue weighted by molar-refractivity contribution is 5.72. The first-order valence-corrected chi connectivity index (χ1v) is 10.6. The quantitative estimate of drug-likeness (QED) is 0.434. The Morgan fingerprint density at radius 3 is 2.31 bits per heavy atom. The summed E-state index contributed by atoms with van der Waals surface area (Å²) in [7, 11) is 0. The summed E-state index contributed by atoms with van der Waals surface area (Å²) < 4.78 is 2.29. The lowest BCUT2D eigenvalue weighted by atomic mass is 10.1. The number of nitrogens with zero attached hydrogens (tertiary/aromatic N) is 3. The molecule has 2 aromatic heterocycles. The maximum absolute atomic E-state index is 5.10. The van der Waals surface area contributed by atoms with Crippen molar-refractivity contribution in [2.75, 3.05) is 13.1 Å². The Bertz CT molecular complexity index is 1100. The van der Waals surface area contributed by atoms with Crippen LogP contribution in [0.1, 0.15) is 30.5 Å². The lowest BCUT2D eigenvalue weighted by Gasteiger charge is -2.26. The van der Waals surface area contributed by atoms with Crippen LogP contribution < -0.4 is 0 Å². The molecular formula is C26H27N3. The number of likely N-dealkylation sites (tertiary alicyclic amines) is 1. The standard InChI is InChI=1S/C26H27N3/c1-20-10-12-22(13-11-20)26-24(19-28-15-6-3-7-16-28)29-17-14-23(18-25(29)27-26)21-8-4-2-5-9-21/h2,4-5,8-14,17-18H,3,6-7,15-16,19H2,1H3. The van der Waals surface area contributed by atoms with Crippen LogP contribution in [0.4, 0.5) is 0 Å². The van der Waals surface area contributed by atoms with Gasteiger partial charge in [0.2, 0.25) is 0 Å². The Morgan fingerprint density at radius 2 is 1.55 bits per heavy atom. The van der Waals surface area contributed by atoms with Crippen molar-refractivity contribution in [3.05, 3.63) is 84.2 Å². The molecule has 0 amide bonds. The summed E-state index contributed by atoms with van der Waals surface area (Å²) in [6.07, 6.45) is 6.15. The minimum Gasteiger partial charge on any atom is -0.302 e. The number of fused-ring (bicyclic) bond motifs is 1. The fourth-order valence-electron chi connectivity index (χ4n) is 4.33. The molecule has 3 nitrogen and oxygen atoms in total. The first-order chi connectivity index (χ1) is 14.3. The SMILES string of the molecule is Cc1ccc(-c2nc3cc(-c4ccccc4)ccn3c2CN2CCCCC2)cc1. The smallest absolute Gasteiger partial charge is 0.138 e. The third-order valence-corrected chi connectivity index (χ3v) is 5.98. The molecule has 0 saturated carbocycles. The van der Waals surface area contributed by atoms with Crippen LogP contribution in [0.5, 0.6) is 0 Å². The van der Waals surface area contributed by atoms with Gasteiger partial charge in [0.25, 0.3) is 0 Å². The zero-order valence-corrected chi connectivity index (χ0v) is 17.0. The van der Waals surface area contributed by atoms with Crippen molar-refractivity contribution < 1.29 is 0 Å². The fraction of sp³-hybridized carbons (Fsp3) is 0.269. The molecule has 0 N–H and O–H groups in total. The van der Waals surface area contributed by atoms with E-state index in [1.807, 2.05) is 0 Å². The van der Waals surface area contributed by atoms with Crippen LogP contribution in [0.3, 0.4) is 0 Å². The van der Waals surface area contributed by atoms with E-state index in [1.54, 1.807) is 0 Å². The molecule has 1 saturated heterocycles. The summed E-state index contributed by atoms with van der Waals surface area (Å²) in [5.74, 6) is 0. The summed E-state index contributed by atoms with van der Waals surface area (Å²) in [6.45, 7) is 5.45. The summed E-state index contributed by atoms with van der Waals surface area (Å²) in [4.78, 5) is 7.68. The van der Waals surface area contributed by atoms with Crippen molar-refractivity contribution in [1.82, 2.24) is 14.3 Å². The predicted molar refractivity (Wildman–Crippen MR) is 120 cm³/mol. The van der Waals surface area contributed by atoms with Crippen LogP contribution in [0.25, 0.3) is 28.0 Å². The topological polar surface area (TPSA) is 20.5 Å². The molecule has 0 unspecified atom stereocenters. The summed E-state index contributed by atoms with van der Waals surface area (Å²) in [5, 5.41) is 0. The van der Waals surface area contributed by atoms with E-state index in [4.69, 9.17) is 4.98 Å². The van der Waals surface area contributed by atoms with Crippen LogP contribution in [0.2, 0.25) is 0 Å². The van der Waals surface area contributed by atoms with Crippen molar-refractivity contribution in [2.45, 2.75) is 32.7 Å². The van der Waals surface area contributed by atoms with Crippen LogP contribution in [0, 0.1) is 6.92 Å². The number of benzene rings is 2. The van der Waals surface area contributed by atoms with E-state index in [1.165, 1.54) is 60.3 Å². The van der Waals surface area contributed by atoms with Crippen molar-refractivity contribution in [3.8, 4) is 22.4 Å². The fourth-order valence-corrected chi connectivity index (χ4v) is 4.33. The van der Waals surface area contributed by atoms with Gasteiger partial charge in [-0.05, 0) is 56.1 Å². The van der Waals surface area contributed by atoms with Gasteiger partial charge in [-0.2, -0.15) is 0 Å². The maximum atomic E-state index is 5.10. The van der Waals surface area contributed by atoms with Gasteiger partial charge >= 0.3 is 0 Å². The highest BCUT2D eigenvalue weighted by Gasteiger charge is 2.19. The van der Waals surface area contributed by atoms with Gasteiger partial charge in [0.15, 0.2) is 0 Å². The molecule has 146 valence electrons. The Kier molecular flexibility index (Phi) is 4.91. The van der Waals surface area contributed by atoms with Gasteiger partial charge in [-0.15, -0.1) is 0 Å². The molecule has 1 aliphatic heterocycles. The lowest BCUT2D eigenvalue weighted by molar-refractivity contribution is 0.218. The van der Waals surface area contributed by atoms with Gasteiger partial charge in [-0.1, -0.05) is 66.6 Å². The molecule has 1 aliphatic rings. The summed E-state index contributed by atoms with van der Waals surface area (Å²) in [6, 6.07) is 23.7. The highest BCUT2D eigenvalue weighted by Crippen LogP contribution is 2.29. The van der Waals surface area contributed by atoms with E-state index in [-0.39, 0.29) is 0 Å². The number of rotatable bonds is 4. The second-order valence-electron chi connectivity index (χ2n) is 8.12. The van der Waals surface area contributed by atoms with Crippen LogP contribution >= 0.6 is 0 Å². The first kappa shape index (κ1) is 18.1. The van der Waals surface area contributed by atoms with Gasteiger partial charge in [-0.3, -0.25) is 4.90 Å². The van der Waals surface area contributed by atoms with Crippen molar-refractivity contribution >= 4 is 5.65 Å². The van der Waals surface area contributed by atoms with Crippen LogP contribution in [-0.4, -0.2) is 27.4 Å². The largest absolute Gasteiger partial charge is 0.302 e. The summed E-state index contributed by atoms with van der Waals surface area (Å²) in [5.41, 5.74) is 8.35. The Hall–Kier alpha value is -2.91. The Morgan fingerprint density at radius 1 is 0.793 bits per heavy atom. The minimum absolute atomic E-state index is 0.953. The highest BCUT2D eigenvalue weighted by atomic mass is 15.2. The number of piperidine rings is 1. The molecule has 5 rings (SSSR count). The van der Waals surface area contributed by atoms with E-state index < -0.39 is 0 Å². The van der Waals surface area contributed by atoms with Crippen molar-refractivity contribution in [2.24, 2.45) is 0 Å². The first-order valence-electron chi connectivity index (χ1n) is 10.6. The Balaban J connectivity index is 1.61. The molecule has 0 spiro atoms. The number of pyridine rings is 1. The predicted octanol–water partition coefficient (Wildman–Crippen LogP) is 5.96. The average molecular weight is 382 g/mol. The zero-order chi connectivity index (χ0) is 19.6. The molecular weight excluding hydrogens is 354 g/mol. The number of aryl methyl sites for hydroxylation is 1. The van der Waals surface area contributed by atoms with E-state index in [0.29, 0.717) is 0 Å². The summed E-state index contributed by atoms with van der Waals surface area (Å²) >= 11 is 0. The molecule has 29 heavy (non-hydrogen) atoms. The second kappa shape index (κ2) is 7.84. The van der Waals surface area contributed by atoms with Gasteiger partial charge in [-0.25, -0.2) is 4.98 Å². The molecule has 3 heteroatoms. The molecule has 1 fully saturated rings. The number of aromatic nitrogens is 2. The minimum atomic E-state index is 0.953. The van der Waals surface area contributed by atoms with Gasteiger partial charge in [0.05, 0.1) is 11.4 Å². The Labute approximate surface area is 172 Å². The van der Waals surface area contributed by atoms with Gasteiger partial charge in [0, 0.05) is 18.3 Å². The molecule has 0 aliphatic carbocycles. The van der Waals surface area contributed by atoms with Gasteiger partial charge in [0.1, 0.15) is 5.65 Å². The molecule has 0 radical (unpaired) electrons. The molecule has 4 aromatic rings. The lowest BCUT2D eigenvalue weighted by Crippen LogP contribution is -2.29. The molecule has 3 heterocycles. The van der Waals surface area contributed by atoms with E-state index in [9.17, 15) is 0 Å². The van der Waals surface area contributed by atoms with Crippen LogP contribution in [0.15, 0.2) is 72.9 Å². The third-order valence-electron chi connectivity index (χ3n) is 5.98. The number of hydrogen-bond acceptors (Lipinski definition) is 2. The van der Waals surface area contributed by atoms with E-state index in [2.05, 4.69) is 89.2 Å². The zero-order valence-electron chi connectivity index (χ0n) is 17.0. The second-order valence-corrected chi connectivity index (χ2v) is 8.12. The van der Waals surface area contributed by atoms with E-state index >= 15 is 0 Å². The van der Waals surface area contributed by atoms with Crippen LogP contribution in [-0.2, 0) is 6.54 Å². The molecule has 2 aromatic carbocycles. The number of imidazole rings is 1. The average Bonchev–Trinajstić information content (AvgIpc) is 3.13. The van der Waals surface area contributed by atoms with Crippen molar-refractivity contribution in [3.63, 3.8) is 0 Å². The normalized spacial score (nSPS) is 15.1. The van der Waals surface area contributed by atoms with E-state index in [0.717, 1.165) is 17.9 Å². The third kappa shape index (κ3) is 3.70. The maximum Gasteiger partial charge on any atom is 0.138 e. The molecule has 0 atom stereocenters.